The molecule has 0 saturated carbocycles. The maximum atomic E-state index is 13.3. The molecule has 0 aliphatic carbocycles. The summed E-state index contributed by atoms with van der Waals surface area (Å²) in [6.45, 7) is -0.300. The van der Waals surface area contributed by atoms with E-state index in [1.54, 1.807) is 6.07 Å². The third kappa shape index (κ3) is 2.79. The van der Waals surface area contributed by atoms with Crippen LogP contribution in [0.1, 0.15) is 5.56 Å². The van der Waals surface area contributed by atoms with Crippen molar-refractivity contribution < 1.29 is 18.6 Å². The molecule has 0 radical (unpaired) electrons. The van der Waals surface area contributed by atoms with E-state index in [1.165, 1.54) is 30.3 Å². The van der Waals surface area contributed by atoms with Crippen LogP contribution in [0.4, 0.5) is 8.78 Å². The van der Waals surface area contributed by atoms with Crippen molar-refractivity contribution in [3.8, 4) is 11.5 Å². The van der Waals surface area contributed by atoms with E-state index >= 15 is 0 Å². The smallest absolute Gasteiger partial charge is 0.165 e. The average molecular weight is 236 g/mol. The lowest BCUT2D eigenvalue weighted by molar-refractivity contribution is 0.280. The minimum atomic E-state index is -0.539. The van der Waals surface area contributed by atoms with Gasteiger partial charge in [0, 0.05) is 6.07 Å². The van der Waals surface area contributed by atoms with Gasteiger partial charge in [-0.05, 0) is 29.8 Å². The zero-order valence-electron chi connectivity index (χ0n) is 8.86. The molecule has 0 fully saturated rings. The summed E-state index contributed by atoms with van der Waals surface area (Å²) in [5.41, 5.74) is 0.372. The van der Waals surface area contributed by atoms with E-state index in [4.69, 9.17) is 9.84 Å². The van der Waals surface area contributed by atoms with E-state index in [0.29, 0.717) is 5.56 Å². The molecule has 17 heavy (non-hydrogen) atoms. The van der Waals surface area contributed by atoms with Gasteiger partial charge in [0.05, 0.1) is 6.61 Å². The number of aliphatic hydroxyl groups excluding tert-OH is 1. The summed E-state index contributed by atoms with van der Waals surface area (Å²) in [6, 6.07) is 9.62. The second-order valence-electron chi connectivity index (χ2n) is 3.49. The molecule has 2 rings (SSSR count). The number of rotatable bonds is 3. The van der Waals surface area contributed by atoms with E-state index in [9.17, 15) is 8.78 Å². The summed E-state index contributed by atoms with van der Waals surface area (Å²) in [6.07, 6.45) is 0. The zero-order valence-corrected chi connectivity index (χ0v) is 8.86. The van der Waals surface area contributed by atoms with E-state index in [0.717, 1.165) is 6.07 Å². The molecule has 2 aromatic carbocycles. The van der Waals surface area contributed by atoms with Gasteiger partial charge < -0.3 is 9.84 Å². The molecule has 2 nitrogen and oxygen atoms in total. The van der Waals surface area contributed by atoms with Crippen molar-refractivity contribution in [2.24, 2.45) is 0 Å². The second kappa shape index (κ2) is 4.93. The fraction of sp³-hybridized carbons (Fsp3) is 0.0769. The highest BCUT2D eigenvalue weighted by Gasteiger charge is 2.06. The number of para-hydroxylation sites is 1. The van der Waals surface area contributed by atoms with Crippen LogP contribution in [0.25, 0.3) is 0 Å². The molecule has 0 amide bonds. The van der Waals surface area contributed by atoms with Gasteiger partial charge in [-0.1, -0.05) is 12.1 Å². The van der Waals surface area contributed by atoms with Gasteiger partial charge in [-0.15, -0.1) is 0 Å². The number of aliphatic hydroxyl groups is 1. The number of ether oxygens (including phenoxy) is 1. The summed E-state index contributed by atoms with van der Waals surface area (Å²) < 4.78 is 31.6. The van der Waals surface area contributed by atoms with E-state index in [1.807, 2.05) is 0 Å². The van der Waals surface area contributed by atoms with Crippen molar-refractivity contribution in [2.75, 3.05) is 0 Å². The van der Waals surface area contributed by atoms with Gasteiger partial charge in [0.1, 0.15) is 11.6 Å². The molecule has 0 bridgehead atoms. The van der Waals surface area contributed by atoms with Gasteiger partial charge in [0.15, 0.2) is 11.6 Å². The standard InChI is InChI=1S/C13H10F2O2/c14-10-5-9(8-16)6-11(7-10)17-13-4-2-1-3-12(13)15/h1-7,16H,8H2. The topological polar surface area (TPSA) is 29.5 Å². The lowest BCUT2D eigenvalue weighted by Crippen LogP contribution is -1.91. The van der Waals surface area contributed by atoms with Crippen molar-refractivity contribution in [1.29, 1.82) is 0 Å². The Labute approximate surface area is 97.1 Å². The molecule has 0 heterocycles. The van der Waals surface area contributed by atoms with Gasteiger partial charge in [0.2, 0.25) is 0 Å². The van der Waals surface area contributed by atoms with Crippen LogP contribution in [-0.2, 0) is 6.61 Å². The van der Waals surface area contributed by atoms with Gasteiger partial charge in [-0.2, -0.15) is 0 Å². The fourth-order valence-corrected chi connectivity index (χ4v) is 1.43. The van der Waals surface area contributed by atoms with Crippen LogP contribution in [0.2, 0.25) is 0 Å². The van der Waals surface area contributed by atoms with Crippen LogP contribution in [0.3, 0.4) is 0 Å². The first kappa shape index (κ1) is 11.5. The number of halogens is 2. The average Bonchev–Trinajstić information content (AvgIpc) is 2.31. The predicted molar refractivity (Wildman–Crippen MR) is 58.8 cm³/mol. The molecule has 0 aromatic heterocycles. The van der Waals surface area contributed by atoms with Crippen molar-refractivity contribution in [3.05, 3.63) is 59.7 Å². The normalized spacial score (nSPS) is 10.3. The van der Waals surface area contributed by atoms with Crippen LogP contribution < -0.4 is 4.74 Å². The molecular formula is C13H10F2O2. The van der Waals surface area contributed by atoms with Crippen molar-refractivity contribution in [1.82, 2.24) is 0 Å². The van der Waals surface area contributed by atoms with Gasteiger partial charge >= 0.3 is 0 Å². The summed E-state index contributed by atoms with van der Waals surface area (Å²) in [5, 5.41) is 8.91. The van der Waals surface area contributed by atoms with Crippen molar-refractivity contribution >= 4 is 0 Å². The van der Waals surface area contributed by atoms with Crippen molar-refractivity contribution in [3.63, 3.8) is 0 Å². The molecule has 0 aliphatic rings. The number of hydrogen-bond acceptors (Lipinski definition) is 2. The first-order valence-corrected chi connectivity index (χ1v) is 5.02. The predicted octanol–water partition coefficient (Wildman–Crippen LogP) is 3.25. The lowest BCUT2D eigenvalue weighted by atomic mass is 10.2. The van der Waals surface area contributed by atoms with Crippen LogP contribution >= 0.6 is 0 Å². The Kier molecular flexibility index (Phi) is 3.35. The molecular weight excluding hydrogens is 226 g/mol. The Balaban J connectivity index is 2.30. The zero-order chi connectivity index (χ0) is 12.3. The third-order valence-corrected chi connectivity index (χ3v) is 2.18. The molecule has 88 valence electrons. The summed E-state index contributed by atoms with van der Waals surface area (Å²) in [5.74, 6) is -0.897. The highest BCUT2D eigenvalue weighted by atomic mass is 19.1. The Morgan fingerprint density at radius 1 is 1.06 bits per heavy atom. The minimum absolute atomic E-state index is 0.0157. The summed E-state index contributed by atoms with van der Waals surface area (Å²) >= 11 is 0. The van der Waals surface area contributed by atoms with Crippen molar-refractivity contribution in [2.45, 2.75) is 6.61 Å². The van der Waals surface area contributed by atoms with E-state index in [2.05, 4.69) is 0 Å². The molecule has 0 aliphatic heterocycles. The highest BCUT2D eigenvalue weighted by molar-refractivity contribution is 5.35. The van der Waals surface area contributed by atoms with Gasteiger partial charge in [-0.25, -0.2) is 8.78 Å². The molecule has 0 atom stereocenters. The van der Waals surface area contributed by atoms with Crippen LogP contribution in [0, 0.1) is 11.6 Å². The molecule has 0 spiro atoms. The molecule has 2 aromatic rings. The third-order valence-electron chi connectivity index (χ3n) is 2.18. The van der Waals surface area contributed by atoms with Gasteiger partial charge in [0.25, 0.3) is 0 Å². The van der Waals surface area contributed by atoms with Crippen LogP contribution in [-0.4, -0.2) is 5.11 Å². The maximum Gasteiger partial charge on any atom is 0.165 e. The Morgan fingerprint density at radius 3 is 2.53 bits per heavy atom. The molecule has 1 N–H and O–H groups in total. The first-order valence-electron chi connectivity index (χ1n) is 5.02. The second-order valence-corrected chi connectivity index (χ2v) is 3.49. The SMILES string of the molecule is OCc1cc(F)cc(Oc2ccccc2F)c1. The molecule has 0 saturated heterocycles. The fourth-order valence-electron chi connectivity index (χ4n) is 1.43. The highest BCUT2D eigenvalue weighted by Crippen LogP contribution is 2.25. The lowest BCUT2D eigenvalue weighted by Gasteiger charge is -2.07. The minimum Gasteiger partial charge on any atom is -0.454 e. The largest absolute Gasteiger partial charge is 0.454 e. The number of hydrogen-bond donors (Lipinski definition) is 1. The quantitative estimate of drug-likeness (QED) is 0.886. The van der Waals surface area contributed by atoms with Crippen LogP contribution in [0.5, 0.6) is 11.5 Å². The monoisotopic (exact) mass is 236 g/mol. The summed E-state index contributed by atoms with van der Waals surface area (Å²) in [4.78, 5) is 0. The van der Waals surface area contributed by atoms with E-state index < -0.39 is 11.6 Å². The molecule has 4 heteroatoms. The van der Waals surface area contributed by atoms with Gasteiger partial charge in [-0.3, -0.25) is 0 Å². The Hall–Kier alpha value is -1.94. The Morgan fingerprint density at radius 2 is 1.82 bits per heavy atom. The maximum absolute atomic E-state index is 13.3. The summed E-state index contributed by atoms with van der Waals surface area (Å²) in [7, 11) is 0. The number of benzene rings is 2. The molecule has 0 unspecified atom stereocenters. The first-order chi connectivity index (χ1) is 8.19. The Bertz CT molecular complexity index is 527. The van der Waals surface area contributed by atoms with Crippen LogP contribution in [0.15, 0.2) is 42.5 Å². The van der Waals surface area contributed by atoms with E-state index in [-0.39, 0.29) is 18.1 Å².